The fourth-order valence-corrected chi connectivity index (χ4v) is 1.74. The van der Waals surface area contributed by atoms with Gasteiger partial charge >= 0.3 is 0 Å². The molecule has 1 amide bonds. The lowest BCUT2D eigenvalue weighted by molar-refractivity contribution is -0.132. The number of amides is 1. The van der Waals surface area contributed by atoms with Gasteiger partial charge in [0.25, 0.3) is 0 Å². The van der Waals surface area contributed by atoms with Gasteiger partial charge in [0.05, 0.1) is 0 Å². The van der Waals surface area contributed by atoms with Crippen molar-refractivity contribution in [3.05, 3.63) is 0 Å². The molecule has 0 aliphatic carbocycles. The molecule has 0 radical (unpaired) electrons. The fourth-order valence-electron chi connectivity index (χ4n) is 1.58. The van der Waals surface area contributed by atoms with Crippen LogP contribution >= 0.6 is 11.6 Å². The molecule has 14 heavy (non-hydrogen) atoms. The molecule has 0 atom stereocenters. The molecule has 0 unspecified atom stereocenters. The Labute approximate surface area is 88.8 Å². The van der Waals surface area contributed by atoms with Crippen LogP contribution in [0.4, 0.5) is 4.39 Å². The largest absolute Gasteiger partial charge is 0.340 e. The van der Waals surface area contributed by atoms with Crippen molar-refractivity contribution in [2.45, 2.75) is 6.42 Å². The molecule has 0 saturated carbocycles. The maximum Gasteiger partial charge on any atom is 0.223 e. The molecule has 0 bridgehead atoms. The Morgan fingerprint density at radius 1 is 1.29 bits per heavy atom. The first-order valence-electron chi connectivity index (χ1n) is 4.90. The highest BCUT2D eigenvalue weighted by molar-refractivity contribution is 6.18. The number of piperazine rings is 1. The van der Waals surface area contributed by atoms with Gasteiger partial charge in [-0.15, -0.1) is 11.6 Å². The molecule has 1 aliphatic heterocycles. The van der Waals surface area contributed by atoms with Gasteiger partial charge in [0, 0.05) is 45.0 Å². The molecular formula is C9H16ClFN2O. The van der Waals surface area contributed by atoms with Crippen LogP contribution < -0.4 is 0 Å². The van der Waals surface area contributed by atoms with Crippen LogP contribution in [0.1, 0.15) is 6.42 Å². The van der Waals surface area contributed by atoms with Crippen LogP contribution in [0, 0.1) is 0 Å². The Hall–Kier alpha value is -0.350. The van der Waals surface area contributed by atoms with Gasteiger partial charge in [-0.05, 0) is 0 Å². The van der Waals surface area contributed by atoms with Gasteiger partial charge in [-0.25, -0.2) is 4.39 Å². The maximum absolute atomic E-state index is 12.0. The third-order valence-electron chi connectivity index (χ3n) is 2.43. The number of nitrogens with zero attached hydrogens (tertiary/aromatic N) is 2. The Balaban J connectivity index is 2.24. The lowest BCUT2D eigenvalue weighted by Crippen LogP contribution is -2.49. The second-order valence-electron chi connectivity index (χ2n) is 3.35. The van der Waals surface area contributed by atoms with E-state index in [4.69, 9.17) is 11.6 Å². The summed E-state index contributed by atoms with van der Waals surface area (Å²) in [4.78, 5) is 15.2. The first-order valence-corrected chi connectivity index (χ1v) is 5.43. The number of carbonyl (C=O) groups is 1. The summed E-state index contributed by atoms with van der Waals surface area (Å²) in [5.74, 6) is 0.490. The maximum atomic E-state index is 12.0. The van der Waals surface area contributed by atoms with Crippen LogP contribution in [0.5, 0.6) is 0 Å². The van der Waals surface area contributed by atoms with Gasteiger partial charge in [-0.2, -0.15) is 0 Å². The summed E-state index contributed by atoms with van der Waals surface area (Å²) in [6.45, 7) is 3.13. The third-order valence-corrected chi connectivity index (χ3v) is 2.62. The Morgan fingerprint density at radius 3 is 2.43 bits per heavy atom. The normalized spacial score (nSPS) is 18.6. The van der Waals surface area contributed by atoms with Gasteiger partial charge in [0.2, 0.25) is 5.91 Å². The van der Waals surface area contributed by atoms with Crippen LogP contribution in [0.3, 0.4) is 0 Å². The quantitative estimate of drug-likeness (QED) is 0.655. The zero-order chi connectivity index (χ0) is 10.4. The number of alkyl halides is 2. The van der Waals surface area contributed by atoms with Crippen molar-refractivity contribution < 1.29 is 9.18 Å². The summed E-state index contributed by atoms with van der Waals surface area (Å²) in [7, 11) is 0. The van der Waals surface area contributed by atoms with Crippen molar-refractivity contribution in [3.63, 3.8) is 0 Å². The molecular weight excluding hydrogens is 207 g/mol. The zero-order valence-corrected chi connectivity index (χ0v) is 8.97. The molecule has 1 rings (SSSR count). The van der Waals surface area contributed by atoms with Crippen LogP contribution in [-0.4, -0.2) is 61.0 Å². The Kier molecular flexibility index (Phi) is 5.19. The van der Waals surface area contributed by atoms with Gasteiger partial charge in [-0.3, -0.25) is 9.69 Å². The molecule has 1 heterocycles. The molecule has 0 spiro atoms. The summed E-state index contributed by atoms with van der Waals surface area (Å²) < 4.78 is 12.0. The van der Waals surface area contributed by atoms with Gasteiger partial charge in [-0.1, -0.05) is 0 Å². The lowest BCUT2D eigenvalue weighted by atomic mass is 10.3. The van der Waals surface area contributed by atoms with Crippen molar-refractivity contribution in [3.8, 4) is 0 Å². The standard InChI is InChI=1S/C9H16ClFN2O/c10-2-1-9(14)13-7-5-12(4-3-11)6-8-13/h1-8H2. The van der Waals surface area contributed by atoms with E-state index in [1.165, 1.54) is 0 Å². The SMILES string of the molecule is O=C(CCCl)N1CCN(CCF)CC1. The van der Waals surface area contributed by atoms with Gasteiger partial charge < -0.3 is 4.90 Å². The molecule has 1 aliphatic rings. The molecule has 0 N–H and O–H groups in total. The molecule has 0 aromatic rings. The van der Waals surface area contributed by atoms with Crippen LogP contribution in [-0.2, 0) is 4.79 Å². The summed E-state index contributed by atoms with van der Waals surface area (Å²) in [5, 5.41) is 0. The summed E-state index contributed by atoms with van der Waals surface area (Å²) in [6, 6.07) is 0. The molecule has 3 nitrogen and oxygen atoms in total. The van der Waals surface area contributed by atoms with Crippen LogP contribution in [0.25, 0.3) is 0 Å². The van der Waals surface area contributed by atoms with Crippen LogP contribution in [0.15, 0.2) is 0 Å². The third kappa shape index (κ3) is 3.42. The molecule has 1 fully saturated rings. The molecule has 0 aromatic carbocycles. The van der Waals surface area contributed by atoms with Crippen molar-refractivity contribution in [2.75, 3.05) is 45.3 Å². The fraction of sp³-hybridized carbons (Fsp3) is 0.889. The van der Waals surface area contributed by atoms with E-state index in [0.717, 1.165) is 13.1 Å². The molecule has 1 saturated heterocycles. The Morgan fingerprint density at radius 2 is 1.93 bits per heavy atom. The number of carbonyl (C=O) groups excluding carboxylic acids is 1. The van der Waals surface area contributed by atoms with Crippen molar-refractivity contribution in [1.29, 1.82) is 0 Å². The van der Waals surface area contributed by atoms with Crippen molar-refractivity contribution in [1.82, 2.24) is 9.80 Å². The van der Waals surface area contributed by atoms with E-state index >= 15 is 0 Å². The Bertz CT molecular complexity index is 184. The molecule has 5 heteroatoms. The average Bonchev–Trinajstić information content (AvgIpc) is 2.20. The minimum absolute atomic E-state index is 0.111. The van der Waals surface area contributed by atoms with E-state index in [9.17, 15) is 9.18 Å². The second-order valence-corrected chi connectivity index (χ2v) is 3.73. The lowest BCUT2D eigenvalue weighted by Gasteiger charge is -2.34. The van der Waals surface area contributed by atoms with E-state index in [-0.39, 0.29) is 12.6 Å². The molecule has 82 valence electrons. The summed E-state index contributed by atoms with van der Waals surface area (Å²) in [5.41, 5.74) is 0. The van der Waals surface area contributed by atoms with E-state index < -0.39 is 0 Å². The predicted molar refractivity (Wildman–Crippen MR) is 54.3 cm³/mol. The number of hydrogen-bond donors (Lipinski definition) is 0. The number of rotatable bonds is 4. The monoisotopic (exact) mass is 222 g/mol. The zero-order valence-electron chi connectivity index (χ0n) is 8.22. The highest BCUT2D eigenvalue weighted by Gasteiger charge is 2.19. The number of halogens is 2. The smallest absolute Gasteiger partial charge is 0.223 e. The highest BCUT2D eigenvalue weighted by atomic mass is 35.5. The van der Waals surface area contributed by atoms with E-state index in [1.807, 2.05) is 4.90 Å². The minimum atomic E-state index is -0.310. The van der Waals surface area contributed by atoms with Gasteiger partial charge in [0.15, 0.2) is 0 Å². The number of hydrogen-bond acceptors (Lipinski definition) is 2. The minimum Gasteiger partial charge on any atom is -0.340 e. The summed E-state index contributed by atoms with van der Waals surface area (Å²) in [6.07, 6.45) is 0.407. The van der Waals surface area contributed by atoms with Crippen LogP contribution in [0.2, 0.25) is 0 Å². The first-order chi connectivity index (χ1) is 6.77. The van der Waals surface area contributed by atoms with Crippen molar-refractivity contribution >= 4 is 17.5 Å². The highest BCUT2D eigenvalue weighted by Crippen LogP contribution is 2.04. The van der Waals surface area contributed by atoms with E-state index in [1.54, 1.807) is 4.90 Å². The van der Waals surface area contributed by atoms with Gasteiger partial charge in [0.1, 0.15) is 6.67 Å². The second kappa shape index (κ2) is 6.19. The topological polar surface area (TPSA) is 23.6 Å². The summed E-state index contributed by atoms with van der Waals surface area (Å²) >= 11 is 5.49. The van der Waals surface area contributed by atoms with E-state index in [0.29, 0.717) is 31.9 Å². The molecule has 0 aromatic heterocycles. The van der Waals surface area contributed by atoms with E-state index in [2.05, 4.69) is 0 Å². The first kappa shape index (κ1) is 11.7. The van der Waals surface area contributed by atoms with Crippen molar-refractivity contribution in [2.24, 2.45) is 0 Å². The average molecular weight is 223 g/mol. The predicted octanol–water partition coefficient (Wildman–Crippen LogP) is 0.729.